The van der Waals surface area contributed by atoms with Gasteiger partial charge in [-0.1, -0.05) is 11.8 Å². The lowest BCUT2D eigenvalue weighted by molar-refractivity contribution is -0.907. The Labute approximate surface area is 192 Å². The van der Waals surface area contributed by atoms with Crippen molar-refractivity contribution in [3.63, 3.8) is 0 Å². The summed E-state index contributed by atoms with van der Waals surface area (Å²) < 4.78 is 21.7. The van der Waals surface area contributed by atoms with E-state index in [1.807, 2.05) is 0 Å². The largest absolute Gasteiger partial charge is 0.872 e. The second-order valence-electron chi connectivity index (χ2n) is 8.10. The Morgan fingerprint density at radius 2 is 1.85 bits per heavy atom. The van der Waals surface area contributed by atoms with Gasteiger partial charge in [0.1, 0.15) is 30.7 Å². The number of rotatable bonds is 7. The van der Waals surface area contributed by atoms with E-state index in [-0.39, 0.29) is 11.1 Å². The van der Waals surface area contributed by atoms with E-state index in [0.717, 1.165) is 13.1 Å². The molecule has 1 amide bonds. The first kappa shape index (κ1) is 22.9. The molecule has 0 spiro atoms. The van der Waals surface area contributed by atoms with E-state index >= 15 is 0 Å². The molecule has 0 bridgehead atoms. The van der Waals surface area contributed by atoms with Crippen molar-refractivity contribution < 1.29 is 38.2 Å². The Morgan fingerprint density at radius 1 is 1.12 bits per heavy atom. The highest BCUT2D eigenvalue weighted by Gasteiger charge is 2.46. The number of nitrogens with zero attached hydrogens (tertiary/aromatic N) is 1. The second kappa shape index (κ2) is 9.68. The molecule has 2 fully saturated rings. The summed E-state index contributed by atoms with van der Waals surface area (Å²) in [7, 11) is 2.96. The molecule has 2 aromatic rings. The zero-order valence-electron chi connectivity index (χ0n) is 19.0. The van der Waals surface area contributed by atoms with E-state index in [0.29, 0.717) is 49.3 Å². The normalized spacial score (nSPS) is 20.9. The first-order valence-corrected chi connectivity index (χ1v) is 10.9. The third-order valence-electron chi connectivity index (χ3n) is 6.11. The number of carbonyl (C=O) groups excluding carboxylic acids is 2. The monoisotopic (exact) mass is 456 g/mol. The molecule has 1 aromatic carbocycles. The van der Waals surface area contributed by atoms with Gasteiger partial charge < -0.3 is 33.5 Å². The number of morpholine rings is 1. The van der Waals surface area contributed by atoms with Gasteiger partial charge in [0.25, 0.3) is 5.91 Å². The van der Waals surface area contributed by atoms with Crippen LogP contribution in [0.5, 0.6) is 11.5 Å². The molecule has 9 nitrogen and oxygen atoms in total. The first-order chi connectivity index (χ1) is 15.9. The summed E-state index contributed by atoms with van der Waals surface area (Å²) in [6.07, 6.45) is 0. The van der Waals surface area contributed by atoms with Crippen LogP contribution >= 0.6 is 0 Å². The van der Waals surface area contributed by atoms with Crippen LogP contribution in [0.1, 0.15) is 23.1 Å². The van der Waals surface area contributed by atoms with Crippen LogP contribution in [-0.4, -0.2) is 70.2 Å². The minimum atomic E-state index is -0.875. The molecule has 0 saturated carbocycles. The standard InChI is InChI=1S/C24H28N2O7/c1-15-4-6-18(33-15)21-20(22(27)16-5-7-17(30-2)19(14-16)31-3)23(28)24(29)26(21)9-8-25-10-12-32-13-11-25/h4-7,14,21,27H,8-13H2,1-3H3. The van der Waals surface area contributed by atoms with Gasteiger partial charge in [0.2, 0.25) is 5.78 Å². The molecule has 0 radical (unpaired) electrons. The van der Waals surface area contributed by atoms with E-state index in [1.165, 1.54) is 30.1 Å². The number of methoxy groups -OCH3 is 2. The van der Waals surface area contributed by atoms with E-state index in [9.17, 15) is 14.7 Å². The number of quaternary nitrogens is 1. The fraction of sp³-hybridized carbons (Fsp3) is 0.417. The van der Waals surface area contributed by atoms with Crippen molar-refractivity contribution in [3.05, 3.63) is 53.0 Å². The van der Waals surface area contributed by atoms with Crippen LogP contribution < -0.4 is 19.5 Å². The van der Waals surface area contributed by atoms with Crippen molar-refractivity contribution in [3.8, 4) is 11.5 Å². The first-order valence-electron chi connectivity index (χ1n) is 10.9. The second-order valence-corrected chi connectivity index (χ2v) is 8.10. The topological polar surface area (TPSA) is 106 Å². The fourth-order valence-corrected chi connectivity index (χ4v) is 4.32. The van der Waals surface area contributed by atoms with Gasteiger partial charge in [0.15, 0.2) is 11.5 Å². The van der Waals surface area contributed by atoms with Gasteiger partial charge >= 0.3 is 0 Å². The lowest BCUT2D eigenvalue weighted by Gasteiger charge is -2.29. The maximum absolute atomic E-state index is 13.5. The molecule has 33 heavy (non-hydrogen) atoms. The summed E-state index contributed by atoms with van der Waals surface area (Å²) in [5, 5.41) is 13.5. The predicted octanol–water partition coefficient (Wildman–Crippen LogP) is -0.256. The molecule has 176 valence electrons. The number of benzene rings is 1. The maximum atomic E-state index is 13.5. The maximum Gasteiger partial charge on any atom is 0.295 e. The molecule has 1 N–H and O–H groups in total. The van der Waals surface area contributed by atoms with Gasteiger partial charge in [-0.05, 0) is 36.8 Å². The number of carbonyl (C=O) groups is 2. The van der Waals surface area contributed by atoms with E-state index in [1.54, 1.807) is 31.2 Å². The number of aryl methyl sites for hydroxylation is 1. The average molecular weight is 456 g/mol. The van der Waals surface area contributed by atoms with Gasteiger partial charge in [-0.2, -0.15) is 0 Å². The van der Waals surface area contributed by atoms with Gasteiger partial charge in [0, 0.05) is 5.57 Å². The number of hydrogen-bond donors (Lipinski definition) is 1. The number of Topliss-reactive ketones (excluding diaryl/α,β-unsaturated/α-hetero) is 1. The molecule has 1 atom stereocenters. The number of nitrogens with one attached hydrogen (secondary N) is 1. The summed E-state index contributed by atoms with van der Waals surface area (Å²) in [5.41, 5.74) is 0.122. The molecule has 1 unspecified atom stereocenters. The zero-order valence-corrected chi connectivity index (χ0v) is 19.0. The molecule has 1 aromatic heterocycles. The SMILES string of the molecule is COc1ccc(C([O-])=C2C(=O)C(=O)N(CC[NH+]3CCOCC3)C2c2ccc(C)o2)cc1OC. The summed E-state index contributed by atoms with van der Waals surface area (Å²) in [4.78, 5) is 28.8. The van der Waals surface area contributed by atoms with Crippen LogP contribution in [0, 0.1) is 6.92 Å². The van der Waals surface area contributed by atoms with Gasteiger partial charge in [-0.25, -0.2) is 0 Å². The van der Waals surface area contributed by atoms with Gasteiger partial charge in [0.05, 0.1) is 40.5 Å². The molecule has 0 aliphatic carbocycles. The lowest BCUT2D eigenvalue weighted by atomic mass is 9.99. The molecule has 2 aliphatic rings. The zero-order chi connectivity index (χ0) is 23.5. The fourth-order valence-electron chi connectivity index (χ4n) is 4.32. The summed E-state index contributed by atoms with van der Waals surface area (Å²) in [6.45, 7) is 5.75. The van der Waals surface area contributed by atoms with Crippen molar-refractivity contribution in [1.29, 1.82) is 0 Å². The van der Waals surface area contributed by atoms with Crippen LogP contribution in [0.15, 0.2) is 40.3 Å². The molecule has 2 saturated heterocycles. The van der Waals surface area contributed by atoms with Crippen molar-refractivity contribution in [2.75, 3.05) is 53.6 Å². The van der Waals surface area contributed by atoms with E-state index < -0.39 is 23.5 Å². The Kier molecular flexibility index (Phi) is 6.71. The highest BCUT2D eigenvalue weighted by atomic mass is 16.5. The van der Waals surface area contributed by atoms with Crippen molar-refractivity contribution in [2.24, 2.45) is 0 Å². The third-order valence-corrected chi connectivity index (χ3v) is 6.11. The highest BCUT2D eigenvalue weighted by molar-refractivity contribution is 6.46. The summed E-state index contributed by atoms with van der Waals surface area (Å²) >= 11 is 0. The van der Waals surface area contributed by atoms with E-state index in [2.05, 4.69) is 0 Å². The Balaban J connectivity index is 1.73. The van der Waals surface area contributed by atoms with Crippen molar-refractivity contribution >= 4 is 17.4 Å². The van der Waals surface area contributed by atoms with Crippen molar-refractivity contribution in [2.45, 2.75) is 13.0 Å². The minimum absolute atomic E-state index is 0.112. The quantitative estimate of drug-likeness (QED) is 0.348. The van der Waals surface area contributed by atoms with Crippen LogP contribution in [0.4, 0.5) is 0 Å². The Morgan fingerprint density at radius 3 is 2.48 bits per heavy atom. The van der Waals surface area contributed by atoms with Crippen LogP contribution in [-0.2, 0) is 14.3 Å². The third kappa shape index (κ3) is 4.46. The summed E-state index contributed by atoms with van der Waals surface area (Å²) in [6, 6.07) is 7.25. The number of amides is 1. The molecule has 3 heterocycles. The Bertz CT molecular complexity index is 1070. The average Bonchev–Trinajstić information content (AvgIpc) is 3.38. The highest BCUT2D eigenvalue weighted by Crippen LogP contribution is 2.40. The van der Waals surface area contributed by atoms with Crippen LogP contribution in [0.25, 0.3) is 5.76 Å². The minimum Gasteiger partial charge on any atom is -0.872 e. The number of likely N-dealkylation sites (tertiary alicyclic amines) is 1. The number of hydrogen-bond acceptors (Lipinski definition) is 7. The smallest absolute Gasteiger partial charge is 0.295 e. The number of ether oxygens (including phenoxy) is 3. The Hall–Kier alpha value is -3.30. The van der Waals surface area contributed by atoms with Crippen LogP contribution in [0.2, 0.25) is 0 Å². The predicted molar refractivity (Wildman–Crippen MR) is 116 cm³/mol. The van der Waals surface area contributed by atoms with Gasteiger partial charge in [-0.3, -0.25) is 9.59 Å². The lowest BCUT2D eigenvalue weighted by Crippen LogP contribution is -3.14. The van der Waals surface area contributed by atoms with Gasteiger partial charge in [-0.15, -0.1) is 0 Å². The molecular formula is C24H28N2O7. The molecule has 9 heteroatoms. The number of furan rings is 1. The number of ketones is 1. The van der Waals surface area contributed by atoms with Crippen LogP contribution in [0.3, 0.4) is 0 Å². The molecule has 2 aliphatic heterocycles. The van der Waals surface area contributed by atoms with E-state index in [4.69, 9.17) is 18.6 Å². The summed E-state index contributed by atoms with van der Waals surface area (Å²) in [5.74, 6) is -0.174. The molecular weight excluding hydrogens is 428 g/mol. The molecule has 4 rings (SSSR count). The van der Waals surface area contributed by atoms with Crippen molar-refractivity contribution in [1.82, 2.24) is 4.90 Å².